The molecule has 0 unspecified atom stereocenters. The van der Waals surface area contributed by atoms with Crippen molar-refractivity contribution in [2.45, 2.75) is 25.7 Å². The molecule has 2 aromatic rings. The van der Waals surface area contributed by atoms with E-state index >= 15 is 0 Å². The van der Waals surface area contributed by atoms with Crippen LogP contribution < -0.4 is 10.6 Å². The molecule has 2 aromatic carbocycles. The molecule has 112 valence electrons. The Morgan fingerprint density at radius 3 is 2.14 bits per heavy atom. The molecule has 2 N–H and O–H groups in total. The quantitative estimate of drug-likeness (QED) is 0.838. The fourth-order valence-electron chi connectivity index (χ4n) is 2.82. The van der Waals surface area contributed by atoms with Gasteiger partial charge in [0.25, 0.3) is 0 Å². The second-order valence-corrected chi connectivity index (χ2v) is 5.48. The molecule has 0 saturated carbocycles. The van der Waals surface area contributed by atoms with Crippen molar-refractivity contribution in [2.75, 3.05) is 5.32 Å². The van der Waals surface area contributed by atoms with Gasteiger partial charge < -0.3 is 10.6 Å². The first-order valence-corrected chi connectivity index (χ1v) is 7.73. The van der Waals surface area contributed by atoms with Gasteiger partial charge in [0.2, 0.25) is 0 Å². The highest BCUT2D eigenvalue weighted by atomic mass is 16.2. The zero-order chi connectivity index (χ0) is 15.2. The van der Waals surface area contributed by atoms with Gasteiger partial charge in [0, 0.05) is 11.4 Å². The Bertz CT molecular complexity index is 662. The van der Waals surface area contributed by atoms with Crippen molar-refractivity contribution < 1.29 is 4.79 Å². The van der Waals surface area contributed by atoms with Gasteiger partial charge in [-0.1, -0.05) is 48.5 Å². The van der Waals surface area contributed by atoms with Crippen LogP contribution in [-0.2, 0) is 0 Å². The first-order valence-electron chi connectivity index (χ1n) is 7.73. The summed E-state index contributed by atoms with van der Waals surface area (Å²) in [6.45, 7) is 0. The number of benzene rings is 2. The highest BCUT2D eigenvalue weighted by Gasteiger charge is 2.16. The number of allylic oxidation sites excluding steroid dienone is 2. The third kappa shape index (κ3) is 3.55. The SMILES string of the molecule is O=C(NC1=C(c2ccccc2)CCCC1)Nc1ccccc1. The number of hydrogen-bond acceptors (Lipinski definition) is 1. The second-order valence-electron chi connectivity index (χ2n) is 5.48. The van der Waals surface area contributed by atoms with E-state index in [4.69, 9.17) is 0 Å². The smallest absolute Gasteiger partial charge is 0.311 e. The standard InChI is InChI=1S/C19H20N2O/c22-19(20-16-11-5-2-6-12-16)21-18-14-8-7-13-17(18)15-9-3-1-4-10-15/h1-6,9-12H,7-8,13-14H2,(H2,20,21,22). The van der Waals surface area contributed by atoms with Gasteiger partial charge in [-0.25, -0.2) is 4.79 Å². The van der Waals surface area contributed by atoms with E-state index in [-0.39, 0.29) is 6.03 Å². The van der Waals surface area contributed by atoms with Crippen LogP contribution in [0.1, 0.15) is 31.2 Å². The van der Waals surface area contributed by atoms with Gasteiger partial charge >= 0.3 is 6.03 Å². The van der Waals surface area contributed by atoms with Crippen molar-refractivity contribution in [3.63, 3.8) is 0 Å². The minimum atomic E-state index is -0.170. The van der Waals surface area contributed by atoms with Crippen LogP contribution in [0.5, 0.6) is 0 Å². The van der Waals surface area contributed by atoms with Crippen LogP contribution in [-0.4, -0.2) is 6.03 Å². The molecule has 2 amide bonds. The Labute approximate surface area is 131 Å². The van der Waals surface area contributed by atoms with Gasteiger partial charge in [0.15, 0.2) is 0 Å². The highest BCUT2D eigenvalue weighted by molar-refractivity contribution is 5.91. The summed E-state index contributed by atoms with van der Waals surface area (Å²) in [5.41, 5.74) is 4.32. The maximum Gasteiger partial charge on any atom is 0.323 e. The number of rotatable bonds is 3. The maximum absolute atomic E-state index is 12.2. The lowest BCUT2D eigenvalue weighted by Gasteiger charge is -2.21. The van der Waals surface area contributed by atoms with E-state index in [1.807, 2.05) is 48.5 Å². The van der Waals surface area contributed by atoms with Crippen molar-refractivity contribution >= 4 is 17.3 Å². The number of nitrogens with one attached hydrogen (secondary N) is 2. The van der Waals surface area contributed by atoms with Crippen LogP contribution >= 0.6 is 0 Å². The molecule has 1 aliphatic rings. The summed E-state index contributed by atoms with van der Waals surface area (Å²) in [4.78, 5) is 12.2. The fourth-order valence-corrected chi connectivity index (χ4v) is 2.82. The number of carbonyl (C=O) groups is 1. The van der Waals surface area contributed by atoms with Crippen LogP contribution in [0.3, 0.4) is 0 Å². The van der Waals surface area contributed by atoms with Gasteiger partial charge in [-0.2, -0.15) is 0 Å². The highest BCUT2D eigenvalue weighted by Crippen LogP contribution is 2.30. The molecular weight excluding hydrogens is 272 g/mol. The number of amides is 2. The zero-order valence-corrected chi connectivity index (χ0v) is 12.5. The van der Waals surface area contributed by atoms with Gasteiger partial charge in [-0.3, -0.25) is 0 Å². The van der Waals surface area contributed by atoms with Gasteiger partial charge in [0.1, 0.15) is 0 Å². The predicted molar refractivity (Wildman–Crippen MR) is 90.4 cm³/mol. The fraction of sp³-hybridized carbons (Fsp3) is 0.211. The third-order valence-corrected chi connectivity index (χ3v) is 3.89. The van der Waals surface area contributed by atoms with E-state index in [2.05, 4.69) is 22.8 Å². The Kier molecular flexibility index (Phi) is 4.54. The summed E-state index contributed by atoms with van der Waals surface area (Å²) in [6.07, 6.45) is 4.24. The van der Waals surface area contributed by atoms with E-state index < -0.39 is 0 Å². The summed E-state index contributed by atoms with van der Waals surface area (Å²) in [7, 11) is 0. The molecule has 3 nitrogen and oxygen atoms in total. The van der Waals surface area contributed by atoms with Crippen molar-refractivity contribution in [2.24, 2.45) is 0 Å². The van der Waals surface area contributed by atoms with E-state index in [9.17, 15) is 4.79 Å². The number of hydrogen-bond donors (Lipinski definition) is 2. The lowest BCUT2D eigenvalue weighted by Crippen LogP contribution is -2.29. The minimum Gasteiger partial charge on any atom is -0.311 e. The average molecular weight is 292 g/mol. The van der Waals surface area contributed by atoms with Crippen LogP contribution in [0, 0.1) is 0 Å². The first-order chi connectivity index (χ1) is 10.8. The monoisotopic (exact) mass is 292 g/mol. The normalized spacial score (nSPS) is 14.5. The van der Waals surface area contributed by atoms with Crippen LogP contribution in [0.2, 0.25) is 0 Å². The summed E-state index contributed by atoms with van der Waals surface area (Å²) in [5, 5.41) is 5.92. The summed E-state index contributed by atoms with van der Waals surface area (Å²) in [6, 6.07) is 19.7. The summed E-state index contributed by atoms with van der Waals surface area (Å²) in [5.74, 6) is 0. The molecular formula is C19H20N2O. The van der Waals surface area contributed by atoms with E-state index in [0.717, 1.165) is 30.6 Å². The van der Waals surface area contributed by atoms with Crippen molar-refractivity contribution in [3.8, 4) is 0 Å². The summed E-state index contributed by atoms with van der Waals surface area (Å²) < 4.78 is 0. The largest absolute Gasteiger partial charge is 0.323 e. The lowest BCUT2D eigenvalue weighted by molar-refractivity contribution is 0.254. The molecule has 3 heteroatoms. The molecule has 3 rings (SSSR count). The van der Waals surface area contributed by atoms with Gasteiger partial charge in [-0.15, -0.1) is 0 Å². The summed E-state index contributed by atoms with van der Waals surface area (Å²) >= 11 is 0. The molecule has 22 heavy (non-hydrogen) atoms. The molecule has 0 heterocycles. The van der Waals surface area contributed by atoms with Gasteiger partial charge in [-0.05, 0) is 49.0 Å². The molecule has 0 aromatic heterocycles. The van der Waals surface area contributed by atoms with Crippen LogP contribution in [0.25, 0.3) is 5.57 Å². The van der Waals surface area contributed by atoms with Gasteiger partial charge in [0.05, 0.1) is 0 Å². The molecule has 0 spiro atoms. The Morgan fingerprint density at radius 2 is 1.41 bits per heavy atom. The van der Waals surface area contributed by atoms with Crippen molar-refractivity contribution in [1.82, 2.24) is 5.32 Å². The second kappa shape index (κ2) is 6.94. The molecule has 0 aliphatic heterocycles. The Hall–Kier alpha value is -2.55. The minimum absolute atomic E-state index is 0.170. The lowest BCUT2D eigenvalue weighted by atomic mass is 9.91. The zero-order valence-electron chi connectivity index (χ0n) is 12.5. The predicted octanol–water partition coefficient (Wildman–Crippen LogP) is 4.79. The van der Waals surface area contributed by atoms with Crippen LogP contribution in [0.15, 0.2) is 66.4 Å². The van der Waals surface area contributed by atoms with Crippen molar-refractivity contribution in [3.05, 3.63) is 71.9 Å². The number of carbonyl (C=O) groups excluding carboxylic acids is 1. The molecule has 0 atom stereocenters. The molecule has 1 aliphatic carbocycles. The third-order valence-electron chi connectivity index (χ3n) is 3.89. The Balaban J connectivity index is 1.76. The van der Waals surface area contributed by atoms with E-state index in [1.54, 1.807) is 0 Å². The van der Waals surface area contributed by atoms with Crippen molar-refractivity contribution in [1.29, 1.82) is 0 Å². The Morgan fingerprint density at radius 1 is 0.773 bits per heavy atom. The van der Waals surface area contributed by atoms with Crippen LogP contribution in [0.4, 0.5) is 10.5 Å². The maximum atomic E-state index is 12.2. The molecule has 0 fully saturated rings. The average Bonchev–Trinajstić information content (AvgIpc) is 2.57. The van der Waals surface area contributed by atoms with E-state index in [1.165, 1.54) is 17.6 Å². The number of urea groups is 1. The van der Waals surface area contributed by atoms with E-state index in [0.29, 0.717) is 0 Å². The first kappa shape index (κ1) is 14.4. The molecule has 0 radical (unpaired) electrons. The molecule has 0 bridgehead atoms. The molecule has 0 saturated heterocycles. The number of para-hydroxylation sites is 1. The number of anilines is 1. The topological polar surface area (TPSA) is 41.1 Å².